The van der Waals surface area contributed by atoms with Crippen LogP contribution >= 0.6 is 0 Å². The van der Waals surface area contributed by atoms with Crippen molar-refractivity contribution in [3.63, 3.8) is 0 Å². The van der Waals surface area contributed by atoms with Crippen LogP contribution < -0.4 is 10.3 Å². The third kappa shape index (κ3) is 4.09. The summed E-state index contributed by atoms with van der Waals surface area (Å²) in [4.78, 5) is 16.6. The number of rotatable bonds is 5. The summed E-state index contributed by atoms with van der Waals surface area (Å²) >= 11 is 0. The number of pyridine rings is 1. The van der Waals surface area contributed by atoms with Gasteiger partial charge in [-0.1, -0.05) is 24.3 Å². The van der Waals surface area contributed by atoms with E-state index in [4.69, 9.17) is 0 Å². The molecule has 2 heterocycles. The van der Waals surface area contributed by atoms with Gasteiger partial charge in [0.25, 0.3) is 5.56 Å². The van der Waals surface area contributed by atoms with Gasteiger partial charge in [-0.3, -0.25) is 9.52 Å². The van der Waals surface area contributed by atoms with Crippen molar-refractivity contribution in [1.82, 2.24) is 14.1 Å². The second-order valence-electron chi connectivity index (χ2n) is 7.80. The van der Waals surface area contributed by atoms with Gasteiger partial charge in [0.15, 0.2) is 0 Å². The molecule has 1 atom stereocenters. The Balaban J connectivity index is 1.88. The number of sulfonamides is 1. The molecule has 30 heavy (non-hydrogen) atoms. The van der Waals surface area contributed by atoms with Gasteiger partial charge in [0.2, 0.25) is 10.0 Å². The van der Waals surface area contributed by atoms with Crippen molar-refractivity contribution in [2.75, 3.05) is 11.0 Å². The number of aryl methyl sites for hydroxylation is 2. The summed E-state index contributed by atoms with van der Waals surface area (Å²) in [6, 6.07) is 5.59. The zero-order valence-corrected chi connectivity index (χ0v) is 18.0. The van der Waals surface area contributed by atoms with Crippen LogP contribution in [0.3, 0.4) is 0 Å². The summed E-state index contributed by atoms with van der Waals surface area (Å²) in [7, 11) is -1.77. The van der Waals surface area contributed by atoms with Crippen molar-refractivity contribution in [3.8, 4) is 11.1 Å². The molecular weight excluding hydrogens is 400 g/mol. The fourth-order valence-electron chi connectivity index (χ4n) is 3.81. The topological polar surface area (TPSA) is 86.0 Å². The first-order chi connectivity index (χ1) is 14.2. The summed E-state index contributed by atoms with van der Waals surface area (Å²) in [6.45, 7) is 2.51. The van der Waals surface area contributed by atoms with E-state index in [-0.39, 0.29) is 5.56 Å². The van der Waals surface area contributed by atoms with E-state index in [1.165, 1.54) is 4.57 Å². The molecule has 1 N–H and O–H groups in total. The first kappa shape index (κ1) is 20.2. The number of nitrogens with one attached hydrogen (secondary N) is 1. The van der Waals surface area contributed by atoms with E-state index in [1.807, 2.05) is 24.3 Å². The lowest BCUT2D eigenvalue weighted by Gasteiger charge is -2.15. The summed E-state index contributed by atoms with van der Waals surface area (Å²) in [5.41, 5.74) is 4.08. The highest BCUT2D eigenvalue weighted by atomic mass is 32.2. The van der Waals surface area contributed by atoms with Crippen molar-refractivity contribution in [2.24, 2.45) is 13.0 Å². The van der Waals surface area contributed by atoms with Gasteiger partial charge in [-0.05, 0) is 48.6 Å². The molecule has 0 aliphatic heterocycles. The lowest BCUT2D eigenvalue weighted by atomic mass is 10.0. The van der Waals surface area contributed by atoms with Crippen LogP contribution in [0.25, 0.3) is 22.2 Å². The molecule has 1 unspecified atom stereocenters. The highest BCUT2D eigenvalue weighted by Gasteiger charge is 2.16. The first-order valence-corrected chi connectivity index (χ1v) is 11.6. The number of anilines is 1. The number of nitrogens with zero attached hydrogens (tertiary/aromatic N) is 3. The smallest absolute Gasteiger partial charge is 0.253 e. The van der Waals surface area contributed by atoms with Gasteiger partial charge >= 0.3 is 0 Å². The van der Waals surface area contributed by atoms with Crippen LogP contribution in [-0.4, -0.2) is 28.8 Å². The van der Waals surface area contributed by atoms with Crippen LogP contribution in [0.4, 0.5) is 5.69 Å². The highest BCUT2D eigenvalue weighted by molar-refractivity contribution is 7.92. The molecule has 0 spiro atoms. The number of fused-ring (bicyclic) bond motifs is 1. The fraction of sp³-hybridized carbons (Fsp3) is 0.273. The number of imidazole rings is 1. The summed E-state index contributed by atoms with van der Waals surface area (Å²) in [5, 5.41) is 0. The van der Waals surface area contributed by atoms with Gasteiger partial charge in [0.1, 0.15) is 5.52 Å². The SMILES string of the molecule is Cc1cc(-c2cc(NS(C)(=O)=O)c3ncn(CC4C=CC=CC4)c3c2)cn(C)c1=O. The minimum absolute atomic E-state index is 0.0588. The Hall–Kier alpha value is -3.13. The van der Waals surface area contributed by atoms with E-state index in [0.29, 0.717) is 22.7 Å². The number of aromatic nitrogens is 3. The monoisotopic (exact) mass is 424 g/mol. The Bertz CT molecular complexity index is 1320. The van der Waals surface area contributed by atoms with Gasteiger partial charge in [0.05, 0.1) is 23.8 Å². The van der Waals surface area contributed by atoms with E-state index in [1.54, 1.807) is 32.6 Å². The number of benzene rings is 1. The van der Waals surface area contributed by atoms with E-state index in [0.717, 1.165) is 35.9 Å². The molecule has 1 aliphatic carbocycles. The van der Waals surface area contributed by atoms with Gasteiger partial charge in [-0.25, -0.2) is 13.4 Å². The molecule has 0 fully saturated rings. The summed E-state index contributed by atoms with van der Waals surface area (Å²) in [6.07, 6.45) is 14.0. The van der Waals surface area contributed by atoms with Crippen LogP contribution in [0.5, 0.6) is 0 Å². The largest absolute Gasteiger partial charge is 0.330 e. The Morgan fingerprint density at radius 3 is 2.67 bits per heavy atom. The molecule has 0 saturated heterocycles. The maximum Gasteiger partial charge on any atom is 0.253 e. The maximum absolute atomic E-state index is 12.1. The Kier molecular flexibility index (Phi) is 5.11. The molecule has 7 nitrogen and oxygen atoms in total. The maximum atomic E-state index is 12.1. The average Bonchev–Trinajstić information content (AvgIpc) is 3.08. The zero-order chi connectivity index (χ0) is 21.5. The third-order valence-corrected chi connectivity index (χ3v) is 5.81. The normalized spacial score (nSPS) is 16.3. The van der Waals surface area contributed by atoms with Gasteiger partial charge in [-0.2, -0.15) is 0 Å². The van der Waals surface area contributed by atoms with Crippen LogP contribution in [0.15, 0.2) is 59.8 Å². The van der Waals surface area contributed by atoms with Crippen LogP contribution in [0.2, 0.25) is 0 Å². The molecule has 0 bridgehead atoms. The minimum Gasteiger partial charge on any atom is -0.330 e. The van der Waals surface area contributed by atoms with Gasteiger partial charge in [0, 0.05) is 25.4 Å². The highest BCUT2D eigenvalue weighted by Crippen LogP contribution is 2.31. The van der Waals surface area contributed by atoms with Crippen molar-refractivity contribution >= 4 is 26.7 Å². The van der Waals surface area contributed by atoms with Crippen molar-refractivity contribution in [3.05, 3.63) is 70.9 Å². The second-order valence-corrected chi connectivity index (χ2v) is 9.55. The summed E-state index contributed by atoms with van der Waals surface area (Å²) < 4.78 is 30.1. The Labute approximate surface area is 175 Å². The molecule has 2 aromatic heterocycles. The lowest BCUT2D eigenvalue weighted by molar-refractivity contribution is 0.541. The molecule has 0 saturated carbocycles. The van der Waals surface area contributed by atoms with Crippen LogP contribution in [0.1, 0.15) is 12.0 Å². The van der Waals surface area contributed by atoms with Crippen molar-refractivity contribution in [1.29, 1.82) is 0 Å². The van der Waals surface area contributed by atoms with E-state index in [2.05, 4.69) is 26.4 Å². The minimum atomic E-state index is -3.48. The number of allylic oxidation sites excluding steroid dienone is 4. The Morgan fingerprint density at radius 1 is 1.20 bits per heavy atom. The quantitative estimate of drug-likeness (QED) is 0.681. The van der Waals surface area contributed by atoms with E-state index < -0.39 is 10.0 Å². The van der Waals surface area contributed by atoms with E-state index >= 15 is 0 Å². The third-order valence-electron chi connectivity index (χ3n) is 5.22. The van der Waals surface area contributed by atoms with Gasteiger partial charge < -0.3 is 9.13 Å². The standard InChI is InChI=1S/C22H24N4O3S/c1-15-9-18(13-25(2)22(15)27)17-10-19(24-30(3,28)29)21-20(11-17)26(14-23-21)12-16-7-5-4-6-8-16/h4-7,9-11,13-14,16,24H,8,12H2,1-3H3. The molecule has 1 aliphatic rings. The van der Waals surface area contributed by atoms with E-state index in [9.17, 15) is 13.2 Å². The predicted molar refractivity (Wildman–Crippen MR) is 120 cm³/mol. The number of hydrogen-bond donors (Lipinski definition) is 1. The molecule has 156 valence electrons. The molecule has 1 aromatic carbocycles. The van der Waals surface area contributed by atoms with Gasteiger partial charge in [-0.15, -0.1) is 0 Å². The molecule has 8 heteroatoms. The van der Waals surface area contributed by atoms with Crippen LogP contribution in [-0.2, 0) is 23.6 Å². The molecule has 4 rings (SSSR count). The lowest BCUT2D eigenvalue weighted by Crippen LogP contribution is -2.18. The van der Waals surface area contributed by atoms with Crippen molar-refractivity contribution < 1.29 is 8.42 Å². The van der Waals surface area contributed by atoms with Crippen LogP contribution in [0, 0.1) is 12.8 Å². The number of hydrogen-bond acceptors (Lipinski definition) is 4. The first-order valence-electron chi connectivity index (χ1n) is 9.69. The fourth-order valence-corrected chi connectivity index (χ4v) is 4.36. The van der Waals surface area contributed by atoms with Crippen molar-refractivity contribution in [2.45, 2.75) is 19.9 Å². The predicted octanol–water partition coefficient (Wildman–Crippen LogP) is 3.21. The molecule has 3 aromatic rings. The summed E-state index contributed by atoms with van der Waals surface area (Å²) in [5.74, 6) is 0.349. The zero-order valence-electron chi connectivity index (χ0n) is 17.2. The Morgan fingerprint density at radius 2 is 2.00 bits per heavy atom. The molecular formula is C22H24N4O3S. The second kappa shape index (κ2) is 7.60. The average molecular weight is 425 g/mol. The molecule has 0 radical (unpaired) electrons. The molecule has 0 amide bonds.